The minimum absolute atomic E-state index is 1.17. The summed E-state index contributed by atoms with van der Waals surface area (Å²) in [4.78, 5) is 0. The zero-order valence-electron chi connectivity index (χ0n) is 15.8. The SMILES string of the molecule is CCCCCc1cccc(-c2ccc3ccc4cccc5ccc2c3c45)c1. The molecule has 0 N–H and O–H groups in total. The van der Waals surface area contributed by atoms with Crippen molar-refractivity contribution in [2.45, 2.75) is 32.6 Å². The average molecular weight is 348 g/mol. The highest BCUT2D eigenvalue weighted by atomic mass is 14.1. The fraction of sp³-hybridized carbons (Fsp3) is 0.185. The van der Waals surface area contributed by atoms with Gasteiger partial charge in [0.1, 0.15) is 0 Å². The number of aryl methyl sites for hydroxylation is 1. The second kappa shape index (κ2) is 6.70. The molecule has 0 saturated heterocycles. The molecule has 0 saturated carbocycles. The Morgan fingerprint density at radius 3 is 2.15 bits per heavy atom. The van der Waals surface area contributed by atoms with Gasteiger partial charge in [-0.15, -0.1) is 0 Å². The van der Waals surface area contributed by atoms with Crippen LogP contribution in [0.3, 0.4) is 0 Å². The average Bonchev–Trinajstić information content (AvgIpc) is 2.72. The lowest BCUT2D eigenvalue weighted by Gasteiger charge is -2.14. The van der Waals surface area contributed by atoms with Crippen LogP contribution in [0, 0.1) is 0 Å². The van der Waals surface area contributed by atoms with Crippen LogP contribution in [0.25, 0.3) is 43.4 Å². The molecule has 0 nitrogen and oxygen atoms in total. The molecule has 5 aromatic rings. The molecule has 5 rings (SSSR count). The highest BCUT2D eigenvalue weighted by Crippen LogP contribution is 2.39. The summed E-state index contributed by atoms with van der Waals surface area (Å²) in [5.41, 5.74) is 4.13. The molecular formula is C27H24. The van der Waals surface area contributed by atoms with Crippen molar-refractivity contribution >= 4 is 32.3 Å². The number of rotatable bonds is 5. The second-order valence-corrected chi connectivity index (χ2v) is 7.63. The van der Waals surface area contributed by atoms with E-state index in [-0.39, 0.29) is 0 Å². The molecule has 27 heavy (non-hydrogen) atoms. The van der Waals surface area contributed by atoms with E-state index in [1.807, 2.05) is 0 Å². The maximum Gasteiger partial charge on any atom is -0.00206 e. The third-order valence-electron chi connectivity index (χ3n) is 5.84. The Morgan fingerprint density at radius 2 is 1.33 bits per heavy atom. The van der Waals surface area contributed by atoms with E-state index in [4.69, 9.17) is 0 Å². The molecule has 0 bridgehead atoms. The van der Waals surface area contributed by atoms with Crippen LogP contribution in [-0.2, 0) is 6.42 Å². The number of hydrogen-bond donors (Lipinski definition) is 0. The molecule has 0 amide bonds. The molecule has 0 heterocycles. The van der Waals surface area contributed by atoms with Crippen molar-refractivity contribution in [2.24, 2.45) is 0 Å². The minimum atomic E-state index is 1.17. The first-order valence-corrected chi connectivity index (χ1v) is 10.1. The van der Waals surface area contributed by atoms with E-state index in [0.29, 0.717) is 0 Å². The van der Waals surface area contributed by atoms with E-state index in [9.17, 15) is 0 Å². The molecule has 0 aromatic heterocycles. The van der Waals surface area contributed by atoms with E-state index >= 15 is 0 Å². The van der Waals surface area contributed by atoms with Crippen LogP contribution in [0.5, 0.6) is 0 Å². The molecular weight excluding hydrogens is 324 g/mol. The highest BCUT2D eigenvalue weighted by Gasteiger charge is 2.11. The first-order chi connectivity index (χ1) is 13.3. The summed E-state index contributed by atoms with van der Waals surface area (Å²) in [5, 5.41) is 8.15. The van der Waals surface area contributed by atoms with Crippen molar-refractivity contribution in [3.8, 4) is 11.1 Å². The molecule has 5 aromatic carbocycles. The summed E-state index contributed by atoms with van der Waals surface area (Å²) in [7, 11) is 0. The normalized spacial score (nSPS) is 11.7. The lowest BCUT2D eigenvalue weighted by atomic mass is 9.89. The van der Waals surface area contributed by atoms with Gasteiger partial charge in [-0.1, -0.05) is 98.6 Å². The quantitative estimate of drug-likeness (QED) is 0.223. The van der Waals surface area contributed by atoms with Crippen LogP contribution in [0.2, 0.25) is 0 Å². The summed E-state index contributed by atoms with van der Waals surface area (Å²) in [5.74, 6) is 0. The van der Waals surface area contributed by atoms with Crippen molar-refractivity contribution in [1.82, 2.24) is 0 Å². The Labute approximate surface area is 160 Å². The molecule has 0 unspecified atom stereocenters. The summed E-state index contributed by atoms with van der Waals surface area (Å²) in [6.07, 6.45) is 5.03. The molecule has 0 aliphatic rings. The van der Waals surface area contributed by atoms with Crippen LogP contribution in [0.4, 0.5) is 0 Å². The predicted octanol–water partition coefficient (Wildman–Crippen LogP) is 7.98. The first-order valence-electron chi connectivity index (χ1n) is 10.1. The Bertz CT molecular complexity index is 1210. The van der Waals surface area contributed by atoms with Gasteiger partial charge < -0.3 is 0 Å². The van der Waals surface area contributed by atoms with Crippen LogP contribution in [0.15, 0.2) is 78.9 Å². The predicted molar refractivity (Wildman–Crippen MR) is 119 cm³/mol. The van der Waals surface area contributed by atoms with Gasteiger partial charge in [-0.3, -0.25) is 0 Å². The lowest BCUT2D eigenvalue weighted by Crippen LogP contribution is -1.89. The molecule has 0 aliphatic carbocycles. The Hall–Kier alpha value is -2.86. The lowest BCUT2D eigenvalue weighted by molar-refractivity contribution is 0.717. The highest BCUT2D eigenvalue weighted by molar-refractivity contribution is 6.25. The molecule has 0 atom stereocenters. The monoisotopic (exact) mass is 348 g/mol. The third-order valence-corrected chi connectivity index (χ3v) is 5.84. The van der Waals surface area contributed by atoms with Crippen molar-refractivity contribution in [3.05, 3.63) is 84.4 Å². The van der Waals surface area contributed by atoms with Gasteiger partial charge in [0.25, 0.3) is 0 Å². The van der Waals surface area contributed by atoms with Gasteiger partial charge in [0, 0.05) is 0 Å². The van der Waals surface area contributed by atoms with Crippen molar-refractivity contribution in [1.29, 1.82) is 0 Å². The Kier molecular flexibility index (Phi) is 4.05. The molecule has 132 valence electrons. The van der Waals surface area contributed by atoms with Crippen LogP contribution in [-0.4, -0.2) is 0 Å². The van der Waals surface area contributed by atoms with E-state index in [1.54, 1.807) is 0 Å². The maximum absolute atomic E-state index is 2.39. The van der Waals surface area contributed by atoms with Crippen molar-refractivity contribution in [3.63, 3.8) is 0 Å². The second-order valence-electron chi connectivity index (χ2n) is 7.63. The topological polar surface area (TPSA) is 0 Å². The molecule has 0 radical (unpaired) electrons. The standard InChI is InChI=1S/C27H24/c1-2-3-4-7-19-8-5-11-23(18-19)24-16-14-22-13-12-20-9-6-10-21-15-17-25(24)27(22)26(20)21/h5-6,8-18H,2-4,7H2,1H3. The Morgan fingerprint density at radius 1 is 0.630 bits per heavy atom. The number of benzene rings is 5. The van der Waals surface area contributed by atoms with Gasteiger partial charge in [-0.2, -0.15) is 0 Å². The fourth-order valence-corrected chi connectivity index (χ4v) is 4.46. The van der Waals surface area contributed by atoms with Gasteiger partial charge in [0.2, 0.25) is 0 Å². The first kappa shape index (κ1) is 16.3. The van der Waals surface area contributed by atoms with Gasteiger partial charge in [0.15, 0.2) is 0 Å². The van der Waals surface area contributed by atoms with Crippen molar-refractivity contribution in [2.75, 3.05) is 0 Å². The zero-order valence-corrected chi connectivity index (χ0v) is 15.8. The van der Waals surface area contributed by atoms with Gasteiger partial charge in [-0.05, 0) is 61.8 Å². The van der Waals surface area contributed by atoms with E-state index in [1.165, 1.54) is 74.7 Å². The smallest absolute Gasteiger partial charge is 0.00206 e. The molecule has 0 fully saturated rings. The van der Waals surface area contributed by atoms with E-state index in [2.05, 4.69) is 85.8 Å². The minimum Gasteiger partial charge on any atom is -0.0654 e. The number of unbranched alkanes of at least 4 members (excludes halogenated alkanes) is 2. The number of hydrogen-bond acceptors (Lipinski definition) is 0. The maximum atomic E-state index is 2.39. The van der Waals surface area contributed by atoms with Gasteiger partial charge >= 0.3 is 0 Å². The molecule has 0 heteroatoms. The largest absolute Gasteiger partial charge is 0.0654 e. The van der Waals surface area contributed by atoms with Gasteiger partial charge in [-0.25, -0.2) is 0 Å². The summed E-state index contributed by atoms with van der Waals surface area (Å²) >= 11 is 0. The fourth-order valence-electron chi connectivity index (χ4n) is 4.46. The summed E-state index contributed by atoms with van der Waals surface area (Å²) < 4.78 is 0. The van der Waals surface area contributed by atoms with Crippen LogP contribution < -0.4 is 0 Å². The molecule has 0 aliphatic heterocycles. The van der Waals surface area contributed by atoms with Crippen molar-refractivity contribution < 1.29 is 0 Å². The summed E-state index contributed by atoms with van der Waals surface area (Å²) in [6, 6.07) is 29.4. The van der Waals surface area contributed by atoms with E-state index in [0.717, 1.165) is 0 Å². The van der Waals surface area contributed by atoms with Crippen LogP contribution >= 0.6 is 0 Å². The molecule has 0 spiro atoms. The Balaban J connectivity index is 1.71. The zero-order chi connectivity index (χ0) is 18.2. The van der Waals surface area contributed by atoms with Crippen LogP contribution in [0.1, 0.15) is 31.7 Å². The van der Waals surface area contributed by atoms with Gasteiger partial charge in [0.05, 0.1) is 0 Å². The van der Waals surface area contributed by atoms with E-state index < -0.39 is 0 Å². The summed E-state index contributed by atoms with van der Waals surface area (Å²) in [6.45, 7) is 2.27. The third kappa shape index (κ3) is 2.77.